The van der Waals surface area contributed by atoms with Gasteiger partial charge in [0.2, 0.25) is 5.84 Å². The third kappa shape index (κ3) is 2.35. The number of nitrogens with one attached hydrogen (secondary N) is 1. The van der Waals surface area contributed by atoms with Gasteiger partial charge in [0.25, 0.3) is 5.92 Å². The quantitative estimate of drug-likeness (QED) is 0.776. The molecule has 1 N–H and O–H groups in total. The van der Waals surface area contributed by atoms with E-state index < -0.39 is 36.6 Å². The number of hydrogen-bond donors (Lipinski definition) is 1. The Morgan fingerprint density at radius 3 is 2.85 bits per heavy atom. The molecule has 9 heteroatoms. The lowest BCUT2D eigenvalue weighted by molar-refractivity contribution is -0.160. The molecule has 2 rings (SSSR count). The first-order chi connectivity index (χ1) is 9.31. The van der Waals surface area contributed by atoms with Gasteiger partial charge in [0.15, 0.2) is 6.17 Å². The lowest BCUT2D eigenvalue weighted by atomic mass is 10.1. The van der Waals surface area contributed by atoms with Gasteiger partial charge in [-0.2, -0.15) is 5.01 Å². The molecule has 1 fully saturated rings. The van der Waals surface area contributed by atoms with Gasteiger partial charge in [0, 0.05) is 19.9 Å². The van der Waals surface area contributed by atoms with Crippen molar-refractivity contribution in [3.63, 3.8) is 0 Å². The fourth-order valence-electron chi connectivity index (χ4n) is 2.32. The van der Waals surface area contributed by atoms with Crippen LogP contribution >= 0.6 is 0 Å². The molecule has 0 aliphatic carbocycles. The van der Waals surface area contributed by atoms with E-state index in [9.17, 15) is 18.0 Å². The molecule has 3 atom stereocenters. The molecule has 0 spiro atoms. The van der Waals surface area contributed by atoms with Crippen molar-refractivity contribution in [2.75, 3.05) is 14.2 Å². The molecule has 20 heavy (non-hydrogen) atoms. The van der Waals surface area contributed by atoms with Crippen LogP contribution in [0.15, 0.2) is 4.99 Å². The number of hydrazine groups is 1. The average Bonchev–Trinajstić information content (AvgIpc) is 2.98. The van der Waals surface area contributed by atoms with Gasteiger partial charge >= 0.3 is 5.91 Å². The van der Waals surface area contributed by atoms with Crippen molar-refractivity contribution < 1.29 is 22.8 Å². The Bertz CT molecular complexity index is 432. The summed E-state index contributed by atoms with van der Waals surface area (Å²) in [6.45, 7) is 1.34. The van der Waals surface area contributed by atoms with Crippen LogP contribution in [0.4, 0.5) is 13.2 Å². The van der Waals surface area contributed by atoms with Crippen LogP contribution in [0.3, 0.4) is 0 Å². The number of fused-ring (bicyclic) bond motifs is 1. The van der Waals surface area contributed by atoms with Gasteiger partial charge in [-0.3, -0.25) is 15.1 Å². The highest BCUT2D eigenvalue weighted by Crippen LogP contribution is 2.39. The summed E-state index contributed by atoms with van der Waals surface area (Å²) in [5.74, 6) is -3.89. The summed E-state index contributed by atoms with van der Waals surface area (Å²) in [5, 5.41) is 1.92. The molecule has 0 aromatic carbocycles. The summed E-state index contributed by atoms with van der Waals surface area (Å²) < 4.78 is 41.4. The van der Waals surface area contributed by atoms with E-state index in [0.29, 0.717) is 0 Å². The highest BCUT2D eigenvalue weighted by molar-refractivity contribution is 6.37. The van der Waals surface area contributed by atoms with E-state index in [1.165, 1.54) is 21.1 Å². The number of halogens is 3. The number of hydrogen-bond acceptors (Lipinski definition) is 5. The van der Waals surface area contributed by atoms with Crippen LogP contribution < -0.4 is 5.43 Å². The number of carbonyl (C=O) groups excluding carboxylic acids is 1. The lowest BCUT2D eigenvalue weighted by Gasteiger charge is -2.29. The van der Waals surface area contributed by atoms with E-state index in [1.54, 1.807) is 0 Å². The van der Waals surface area contributed by atoms with Crippen molar-refractivity contribution in [3.05, 3.63) is 0 Å². The minimum atomic E-state index is -3.05. The van der Waals surface area contributed by atoms with E-state index in [2.05, 4.69) is 10.4 Å². The van der Waals surface area contributed by atoms with Crippen molar-refractivity contribution in [2.45, 2.75) is 44.1 Å². The minimum Gasteiger partial charge on any atom is -0.296 e. The molecule has 114 valence electrons. The summed E-state index contributed by atoms with van der Waals surface area (Å²) in [5.41, 5.74) is 2.48. The maximum atomic E-state index is 13.8. The Morgan fingerprint density at radius 1 is 1.65 bits per heavy atom. The Hall–Kier alpha value is -1.35. The number of hydroxylamine groups is 2. The van der Waals surface area contributed by atoms with E-state index in [0.717, 1.165) is 10.1 Å². The standard InChI is InChI=1S/C11H17F3N4O2/c1-4-11(13,14)7-5-6(12)9-15-8(16-18(7)9)10(19)17(2)20-3/h6-7,9H,4-5H2,1-3H3,(H,15,16). The summed E-state index contributed by atoms with van der Waals surface area (Å²) in [6, 6.07) is -1.32. The number of amides is 1. The molecular formula is C11H17F3N4O2. The monoisotopic (exact) mass is 294 g/mol. The van der Waals surface area contributed by atoms with Crippen LogP contribution in [0.5, 0.6) is 0 Å². The summed E-state index contributed by atoms with van der Waals surface area (Å²) in [6.07, 6.45) is -3.36. The molecular weight excluding hydrogens is 277 g/mol. The first-order valence-corrected chi connectivity index (χ1v) is 6.28. The molecule has 2 aliphatic rings. The number of carbonyl (C=O) groups is 1. The lowest BCUT2D eigenvalue weighted by Crippen LogP contribution is -2.53. The number of alkyl halides is 3. The third-order valence-corrected chi connectivity index (χ3v) is 3.61. The second kappa shape index (κ2) is 5.21. The Morgan fingerprint density at radius 2 is 2.30 bits per heavy atom. The van der Waals surface area contributed by atoms with Crippen molar-refractivity contribution in [1.29, 1.82) is 0 Å². The fraction of sp³-hybridized carbons (Fsp3) is 0.818. The molecule has 0 bridgehead atoms. The van der Waals surface area contributed by atoms with Crippen LogP contribution in [0, 0.1) is 0 Å². The van der Waals surface area contributed by atoms with Crippen LogP contribution in [0.1, 0.15) is 19.8 Å². The molecule has 0 aromatic rings. The zero-order chi connectivity index (χ0) is 15.1. The van der Waals surface area contributed by atoms with E-state index in [1.807, 2.05) is 0 Å². The van der Waals surface area contributed by atoms with Crippen LogP contribution in [0.2, 0.25) is 0 Å². The second-order valence-corrected chi connectivity index (χ2v) is 4.78. The van der Waals surface area contributed by atoms with Gasteiger partial charge < -0.3 is 0 Å². The molecule has 3 unspecified atom stereocenters. The first-order valence-electron chi connectivity index (χ1n) is 6.28. The number of nitrogens with zero attached hydrogens (tertiary/aromatic N) is 3. The van der Waals surface area contributed by atoms with E-state index >= 15 is 0 Å². The average molecular weight is 294 g/mol. The second-order valence-electron chi connectivity index (χ2n) is 4.78. The predicted octanol–water partition coefficient (Wildman–Crippen LogP) is 0.707. The summed E-state index contributed by atoms with van der Waals surface area (Å²) >= 11 is 0. The van der Waals surface area contributed by atoms with Crippen LogP contribution in [-0.4, -0.2) is 60.3 Å². The molecule has 1 saturated heterocycles. The van der Waals surface area contributed by atoms with Gasteiger partial charge in [-0.25, -0.2) is 23.2 Å². The smallest absolute Gasteiger partial charge is 0.296 e. The Kier molecular flexibility index (Phi) is 3.92. The molecule has 6 nitrogen and oxygen atoms in total. The predicted molar refractivity (Wildman–Crippen MR) is 64.5 cm³/mol. The number of rotatable bonds is 4. The molecule has 0 radical (unpaired) electrons. The van der Waals surface area contributed by atoms with E-state index in [-0.39, 0.29) is 12.3 Å². The van der Waals surface area contributed by atoms with Gasteiger partial charge in [-0.15, -0.1) is 0 Å². The highest BCUT2D eigenvalue weighted by atomic mass is 19.3. The zero-order valence-corrected chi connectivity index (χ0v) is 11.4. The molecule has 1 amide bonds. The largest absolute Gasteiger partial charge is 0.313 e. The van der Waals surface area contributed by atoms with Crippen LogP contribution in [-0.2, 0) is 9.63 Å². The SMILES string of the molecule is CCC(F)(F)C1CC(F)C2N=C(C(=O)N(C)OC)NN21. The maximum Gasteiger partial charge on any atom is 0.313 e. The van der Waals surface area contributed by atoms with E-state index in [4.69, 9.17) is 4.84 Å². The number of amidine groups is 1. The summed E-state index contributed by atoms with van der Waals surface area (Å²) in [7, 11) is 2.63. The Labute approximate surface area is 114 Å². The summed E-state index contributed by atoms with van der Waals surface area (Å²) in [4.78, 5) is 20.4. The Balaban J connectivity index is 2.17. The number of aliphatic imine (C=N–C) groups is 1. The highest BCUT2D eigenvalue weighted by Gasteiger charge is 2.55. The minimum absolute atomic E-state index is 0.196. The number of likely N-dealkylation sites (N-methyl/N-ethyl adjacent to an activating group) is 1. The van der Waals surface area contributed by atoms with Gasteiger partial charge in [0.05, 0.1) is 13.2 Å². The maximum absolute atomic E-state index is 13.8. The zero-order valence-electron chi connectivity index (χ0n) is 11.4. The van der Waals surface area contributed by atoms with Gasteiger partial charge in [-0.1, -0.05) is 6.92 Å². The van der Waals surface area contributed by atoms with Gasteiger partial charge in [0.1, 0.15) is 6.17 Å². The van der Waals surface area contributed by atoms with Crippen LogP contribution in [0.25, 0.3) is 0 Å². The van der Waals surface area contributed by atoms with Crippen molar-refractivity contribution >= 4 is 11.7 Å². The van der Waals surface area contributed by atoms with Gasteiger partial charge in [-0.05, 0) is 0 Å². The first kappa shape index (κ1) is 15.0. The molecule has 0 aromatic heterocycles. The van der Waals surface area contributed by atoms with Crippen molar-refractivity contribution in [2.24, 2.45) is 4.99 Å². The molecule has 0 saturated carbocycles. The normalized spacial score (nSPS) is 29.9. The molecule has 2 heterocycles. The molecule has 2 aliphatic heterocycles. The third-order valence-electron chi connectivity index (χ3n) is 3.61. The van der Waals surface area contributed by atoms with Crippen molar-refractivity contribution in [3.8, 4) is 0 Å². The van der Waals surface area contributed by atoms with Crippen molar-refractivity contribution in [1.82, 2.24) is 15.5 Å². The fourth-order valence-corrected chi connectivity index (χ4v) is 2.32. The topological polar surface area (TPSA) is 57.2 Å².